The van der Waals surface area contributed by atoms with Gasteiger partial charge in [-0.2, -0.15) is 5.10 Å². The predicted molar refractivity (Wildman–Crippen MR) is 86.5 cm³/mol. The summed E-state index contributed by atoms with van der Waals surface area (Å²) in [5, 5.41) is 7.20. The Morgan fingerprint density at radius 2 is 1.71 bits per heavy atom. The standard InChI is InChI=1S/C17H19N3O/c1-13-8-6-7-11-16(13)18-12-17(21)20-19-14(2)15-9-4-3-5-10-15/h3-11,18H,12H2,1-2H3,(H,20,21)/b19-14+. The van der Waals surface area contributed by atoms with Crippen molar-refractivity contribution in [1.29, 1.82) is 0 Å². The zero-order valence-electron chi connectivity index (χ0n) is 12.3. The summed E-state index contributed by atoms with van der Waals surface area (Å²) in [7, 11) is 0. The summed E-state index contributed by atoms with van der Waals surface area (Å²) in [6, 6.07) is 17.6. The number of carbonyl (C=O) groups excluding carboxylic acids is 1. The van der Waals surface area contributed by atoms with Crippen molar-refractivity contribution in [2.24, 2.45) is 5.10 Å². The van der Waals surface area contributed by atoms with Gasteiger partial charge < -0.3 is 5.32 Å². The molecule has 0 saturated carbocycles. The fraction of sp³-hybridized carbons (Fsp3) is 0.176. The van der Waals surface area contributed by atoms with Crippen molar-refractivity contribution in [1.82, 2.24) is 5.43 Å². The molecule has 4 nitrogen and oxygen atoms in total. The highest BCUT2D eigenvalue weighted by Crippen LogP contribution is 2.12. The lowest BCUT2D eigenvalue weighted by Gasteiger charge is -2.08. The summed E-state index contributed by atoms with van der Waals surface area (Å²) in [5.74, 6) is -0.173. The molecule has 0 spiro atoms. The van der Waals surface area contributed by atoms with Gasteiger partial charge in [-0.15, -0.1) is 0 Å². The number of anilines is 1. The van der Waals surface area contributed by atoms with Crippen LogP contribution in [-0.2, 0) is 4.79 Å². The molecule has 0 radical (unpaired) electrons. The molecular weight excluding hydrogens is 262 g/mol. The molecule has 108 valence electrons. The third-order valence-electron chi connectivity index (χ3n) is 3.12. The second-order valence-corrected chi connectivity index (χ2v) is 4.77. The molecule has 4 heteroatoms. The highest BCUT2D eigenvalue weighted by molar-refractivity contribution is 5.99. The summed E-state index contributed by atoms with van der Waals surface area (Å²) in [4.78, 5) is 11.8. The summed E-state index contributed by atoms with van der Waals surface area (Å²) in [6.45, 7) is 4.05. The van der Waals surface area contributed by atoms with Crippen LogP contribution in [-0.4, -0.2) is 18.2 Å². The molecule has 0 aliphatic heterocycles. The Morgan fingerprint density at radius 1 is 1.05 bits per heavy atom. The van der Waals surface area contributed by atoms with E-state index in [4.69, 9.17) is 0 Å². The van der Waals surface area contributed by atoms with Crippen LogP contribution in [0.2, 0.25) is 0 Å². The van der Waals surface area contributed by atoms with E-state index >= 15 is 0 Å². The lowest BCUT2D eigenvalue weighted by molar-refractivity contribution is -0.119. The van der Waals surface area contributed by atoms with E-state index in [9.17, 15) is 4.79 Å². The van der Waals surface area contributed by atoms with Crippen molar-refractivity contribution in [3.05, 3.63) is 65.7 Å². The molecule has 0 unspecified atom stereocenters. The van der Waals surface area contributed by atoms with Crippen molar-refractivity contribution < 1.29 is 4.79 Å². The lowest BCUT2D eigenvalue weighted by Crippen LogP contribution is -2.27. The van der Waals surface area contributed by atoms with E-state index < -0.39 is 0 Å². The van der Waals surface area contributed by atoms with E-state index in [1.54, 1.807) is 0 Å². The fourth-order valence-electron chi connectivity index (χ4n) is 1.88. The van der Waals surface area contributed by atoms with Crippen LogP contribution < -0.4 is 10.7 Å². The highest BCUT2D eigenvalue weighted by Gasteiger charge is 2.02. The molecule has 0 bridgehead atoms. The number of rotatable bonds is 5. The van der Waals surface area contributed by atoms with Crippen molar-refractivity contribution in [3.63, 3.8) is 0 Å². The van der Waals surface area contributed by atoms with Gasteiger partial charge in [0.1, 0.15) is 0 Å². The summed E-state index contributed by atoms with van der Waals surface area (Å²) in [5.41, 5.74) is 6.39. The van der Waals surface area contributed by atoms with E-state index in [1.165, 1.54) is 0 Å². The number of hydrazone groups is 1. The molecule has 21 heavy (non-hydrogen) atoms. The number of para-hydroxylation sites is 1. The van der Waals surface area contributed by atoms with Gasteiger partial charge in [0.15, 0.2) is 0 Å². The largest absolute Gasteiger partial charge is 0.376 e. The van der Waals surface area contributed by atoms with Gasteiger partial charge in [-0.3, -0.25) is 4.79 Å². The Labute approximate surface area is 124 Å². The van der Waals surface area contributed by atoms with Gasteiger partial charge >= 0.3 is 0 Å². The highest BCUT2D eigenvalue weighted by atomic mass is 16.2. The van der Waals surface area contributed by atoms with Crippen molar-refractivity contribution in [2.45, 2.75) is 13.8 Å². The van der Waals surface area contributed by atoms with E-state index in [2.05, 4.69) is 15.8 Å². The van der Waals surface area contributed by atoms with Crippen LogP contribution in [0.25, 0.3) is 0 Å². The van der Waals surface area contributed by atoms with Gasteiger partial charge in [-0.05, 0) is 31.0 Å². The van der Waals surface area contributed by atoms with Crippen LogP contribution in [0, 0.1) is 6.92 Å². The Kier molecular flexibility index (Phi) is 5.10. The second kappa shape index (κ2) is 7.24. The Hall–Kier alpha value is -2.62. The minimum Gasteiger partial charge on any atom is -0.376 e. The zero-order valence-corrected chi connectivity index (χ0v) is 12.3. The van der Waals surface area contributed by atoms with Gasteiger partial charge in [0.2, 0.25) is 0 Å². The minimum absolute atomic E-state index is 0.173. The van der Waals surface area contributed by atoms with Gasteiger partial charge in [-0.25, -0.2) is 5.43 Å². The average molecular weight is 281 g/mol. The minimum atomic E-state index is -0.173. The maximum Gasteiger partial charge on any atom is 0.259 e. The predicted octanol–water partition coefficient (Wildman–Crippen LogP) is 2.95. The first-order valence-corrected chi connectivity index (χ1v) is 6.85. The monoisotopic (exact) mass is 281 g/mol. The molecular formula is C17H19N3O. The molecule has 0 aromatic heterocycles. The molecule has 0 atom stereocenters. The number of hydrogen-bond donors (Lipinski definition) is 2. The Balaban J connectivity index is 1.87. The quantitative estimate of drug-likeness (QED) is 0.654. The topological polar surface area (TPSA) is 53.5 Å². The summed E-state index contributed by atoms with van der Waals surface area (Å²) in [6.07, 6.45) is 0. The fourth-order valence-corrected chi connectivity index (χ4v) is 1.88. The van der Waals surface area contributed by atoms with Gasteiger partial charge in [0.05, 0.1) is 12.3 Å². The van der Waals surface area contributed by atoms with Crippen molar-refractivity contribution in [2.75, 3.05) is 11.9 Å². The molecule has 0 aliphatic carbocycles. The maximum atomic E-state index is 11.8. The van der Waals surface area contributed by atoms with E-state index in [-0.39, 0.29) is 12.5 Å². The number of benzene rings is 2. The molecule has 0 aliphatic rings. The van der Waals surface area contributed by atoms with Crippen molar-refractivity contribution >= 4 is 17.3 Å². The molecule has 2 aromatic rings. The first-order chi connectivity index (χ1) is 10.2. The number of aryl methyl sites for hydroxylation is 1. The van der Waals surface area contributed by atoms with Crippen molar-refractivity contribution in [3.8, 4) is 0 Å². The van der Waals surface area contributed by atoms with Gasteiger partial charge in [-0.1, -0.05) is 48.5 Å². The molecule has 2 rings (SSSR count). The van der Waals surface area contributed by atoms with E-state index in [1.807, 2.05) is 68.4 Å². The SMILES string of the molecule is C/C(=N\NC(=O)CNc1ccccc1C)c1ccccc1. The summed E-state index contributed by atoms with van der Waals surface area (Å²) < 4.78 is 0. The maximum absolute atomic E-state index is 11.8. The second-order valence-electron chi connectivity index (χ2n) is 4.77. The first kappa shape index (κ1) is 14.8. The number of nitrogens with zero attached hydrogens (tertiary/aromatic N) is 1. The smallest absolute Gasteiger partial charge is 0.259 e. The van der Waals surface area contributed by atoms with E-state index in [0.717, 1.165) is 22.5 Å². The normalized spacial score (nSPS) is 11.0. The molecule has 0 fully saturated rings. The molecule has 2 N–H and O–H groups in total. The third kappa shape index (κ3) is 4.45. The van der Waals surface area contributed by atoms with Crippen LogP contribution >= 0.6 is 0 Å². The van der Waals surface area contributed by atoms with Crippen LogP contribution in [0.3, 0.4) is 0 Å². The summed E-state index contributed by atoms with van der Waals surface area (Å²) >= 11 is 0. The zero-order chi connectivity index (χ0) is 15.1. The number of amides is 1. The average Bonchev–Trinajstić information content (AvgIpc) is 2.52. The van der Waals surface area contributed by atoms with Crippen LogP contribution in [0.1, 0.15) is 18.1 Å². The number of nitrogens with one attached hydrogen (secondary N) is 2. The molecule has 1 amide bonds. The lowest BCUT2D eigenvalue weighted by atomic mass is 10.1. The van der Waals surface area contributed by atoms with Gasteiger partial charge in [0.25, 0.3) is 5.91 Å². The van der Waals surface area contributed by atoms with Gasteiger partial charge in [0, 0.05) is 5.69 Å². The van der Waals surface area contributed by atoms with Crippen LogP contribution in [0.15, 0.2) is 59.7 Å². The molecule has 0 saturated heterocycles. The van der Waals surface area contributed by atoms with Crippen LogP contribution in [0.5, 0.6) is 0 Å². The first-order valence-electron chi connectivity index (χ1n) is 6.85. The molecule has 0 heterocycles. The van der Waals surface area contributed by atoms with Crippen LogP contribution in [0.4, 0.5) is 5.69 Å². The molecule has 2 aromatic carbocycles. The third-order valence-corrected chi connectivity index (χ3v) is 3.12. The van der Waals surface area contributed by atoms with E-state index in [0.29, 0.717) is 0 Å². The Morgan fingerprint density at radius 3 is 2.43 bits per heavy atom. The number of hydrogen-bond acceptors (Lipinski definition) is 3. The Bertz CT molecular complexity index is 635. The number of carbonyl (C=O) groups is 1.